The summed E-state index contributed by atoms with van der Waals surface area (Å²) in [5, 5.41) is 23.3. The van der Waals surface area contributed by atoms with Crippen molar-refractivity contribution < 1.29 is 15.0 Å². The van der Waals surface area contributed by atoms with E-state index in [0.717, 1.165) is 25.7 Å². The summed E-state index contributed by atoms with van der Waals surface area (Å²) in [5.41, 5.74) is 0. The first-order valence-electron chi connectivity index (χ1n) is 29.4. The van der Waals surface area contributed by atoms with Gasteiger partial charge in [0.1, 0.15) is 0 Å². The Morgan fingerprint density at radius 1 is 0.365 bits per heavy atom. The van der Waals surface area contributed by atoms with Gasteiger partial charge in [-0.25, -0.2) is 0 Å². The number of nitrogens with one attached hydrogen (secondary N) is 1. The fourth-order valence-corrected chi connectivity index (χ4v) is 9.54. The van der Waals surface area contributed by atoms with E-state index in [0.29, 0.717) is 12.8 Å². The smallest absolute Gasteiger partial charge is 0.220 e. The molecule has 3 N–H and O–H groups in total. The van der Waals surface area contributed by atoms with Crippen molar-refractivity contribution in [3.8, 4) is 0 Å². The van der Waals surface area contributed by atoms with E-state index in [1.807, 2.05) is 0 Å². The van der Waals surface area contributed by atoms with E-state index in [1.54, 1.807) is 0 Å². The SMILES string of the molecule is CCCCCCCCCCCCCCCC/C=C\CCCCCCCCCCCCCCCCCCCC(=O)NC(CO)C(O)CCCCCCCCCCCCCCCCCC. The molecule has 0 heterocycles. The molecule has 0 fully saturated rings. The zero-order valence-electron chi connectivity index (χ0n) is 43.4. The minimum absolute atomic E-state index is 0.0243. The maximum atomic E-state index is 12.5. The Bertz CT molecular complexity index is 875. The number of hydrogen-bond donors (Lipinski definition) is 3. The van der Waals surface area contributed by atoms with E-state index >= 15 is 0 Å². The maximum absolute atomic E-state index is 12.5. The van der Waals surface area contributed by atoms with Crippen LogP contribution >= 0.6 is 0 Å². The van der Waals surface area contributed by atoms with Crippen molar-refractivity contribution in [3.63, 3.8) is 0 Å². The van der Waals surface area contributed by atoms with Crippen LogP contribution in [0.2, 0.25) is 0 Å². The molecule has 0 saturated heterocycles. The van der Waals surface area contributed by atoms with Gasteiger partial charge in [0.05, 0.1) is 18.8 Å². The van der Waals surface area contributed by atoms with Gasteiger partial charge in [0, 0.05) is 6.42 Å². The van der Waals surface area contributed by atoms with Crippen molar-refractivity contribution >= 4 is 5.91 Å². The molecule has 0 aliphatic heterocycles. The number of aliphatic hydroxyl groups excluding tert-OH is 2. The number of rotatable bonds is 55. The van der Waals surface area contributed by atoms with Crippen molar-refractivity contribution in [1.29, 1.82) is 0 Å². The van der Waals surface area contributed by atoms with Crippen LogP contribution in [0.25, 0.3) is 0 Å². The van der Waals surface area contributed by atoms with Crippen LogP contribution in [0.4, 0.5) is 0 Å². The van der Waals surface area contributed by atoms with Crippen molar-refractivity contribution in [2.75, 3.05) is 6.61 Å². The third kappa shape index (κ3) is 52.0. The summed E-state index contributed by atoms with van der Waals surface area (Å²) in [4.78, 5) is 12.5. The second kappa shape index (κ2) is 55.5. The van der Waals surface area contributed by atoms with E-state index in [2.05, 4.69) is 31.3 Å². The molecular weight excluding hydrogens is 771 g/mol. The molecule has 376 valence electrons. The number of hydrogen-bond acceptors (Lipinski definition) is 3. The lowest BCUT2D eigenvalue weighted by molar-refractivity contribution is -0.123. The van der Waals surface area contributed by atoms with Crippen molar-refractivity contribution in [2.45, 2.75) is 353 Å². The number of carbonyl (C=O) groups is 1. The van der Waals surface area contributed by atoms with Gasteiger partial charge in [-0.05, 0) is 38.5 Å². The van der Waals surface area contributed by atoms with E-state index in [9.17, 15) is 15.0 Å². The highest BCUT2D eigenvalue weighted by atomic mass is 16.3. The highest BCUT2D eigenvalue weighted by Crippen LogP contribution is 2.18. The van der Waals surface area contributed by atoms with Crippen LogP contribution in [0.1, 0.15) is 341 Å². The average molecular weight is 889 g/mol. The predicted octanol–water partition coefficient (Wildman–Crippen LogP) is 19.3. The minimum Gasteiger partial charge on any atom is -0.394 e. The van der Waals surface area contributed by atoms with Crippen LogP contribution in [0.3, 0.4) is 0 Å². The van der Waals surface area contributed by atoms with Gasteiger partial charge in [-0.15, -0.1) is 0 Å². The standard InChI is InChI=1S/C59H117NO3/c1-3-5-7-9-11-13-15-17-19-21-22-23-24-25-26-27-28-29-30-31-32-33-34-35-36-37-38-39-41-43-45-47-49-51-53-55-59(63)60-57(56-61)58(62)54-52-50-48-46-44-42-40-20-18-16-14-12-10-8-6-4-2/h27-28,57-58,61-62H,3-26,29-56H2,1-2H3,(H,60,63)/b28-27-. The largest absolute Gasteiger partial charge is 0.394 e. The summed E-state index contributed by atoms with van der Waals surface area (Å²) in [5.74, 6) is -0.0243. The van der Waals surface area contributed by atoms with E-state index in [-0.39, 0.29) is 12.5 Å². The molecule has 0 aliphatic carbocycles. The number of unbranched alkanes of at least 4 members (excludes halogenated alkanes) is 46. The monoisotopic (exact) mass is 888 g/mol. The molecule has 0 aromatic heterocycles. The molecule has 1 amide bonds. The summed E-state index contributed by atoms with van der Waals surface area (Å²) in [6.07, 6.45) is 72.2. The Morgan fingerprint density at radius 3 is 0.873 bits per heavy atom. The Labute approximate surface area is 397 Å². The predicted molar refractivity (Wildman–Crippen MR) is 281 cm³/mol. The summed E-state index contributed by atoms with van der Waals surface area (Å²) >= 11 is 0. The van der Waals surface area contributed by atoms with Gasteiger partial charge in [0.15, 0.2) is 0 Å². The first-order valence-corrected chi connectivity index (χ1v) is 29.4. The number of amides is 1. The normalized spacial score (nSPS) is 12.8. The van der Waals surface area contributed by atoms with Crippen LogP contribution in [-0.2, 0) is 4.79 Å². The summed E-state index contributed by atoms with van der Waals surface area (Å²) in [7, 11) is 0. The molecule has 63 heavy (non-hydrogen) atoms. The molecule has 0 aromatic rings. The Morgan fingerprint density at radius 2 is 0.603 bits per heavy atom. The fourth-order valence-electron chi connectivity index (χ4n) is 9.54. The highest BCUT2D eigenvalue weighted by Gasteiger charge is 2.20. The number of carbonyl (C=O) groups excluding carboxylic acids is 1. The molecule has 0 bridgehead atoms. The van der Waals surface area contributed by atoms with Crippen LogP contribution in [0.15, 0.2) is 12.2 Å². The van der Waals surface area contributed by atoms with E-state index in [4.69, 9.17) is 0 Å². The first-order chi connectivity index (χ1) is 31.2. The Kier molecular flexibility index (Phi) is 54.7. The second-order valence-corrected chi connectivity index (χ2v) is 20.4. The van der Waals surface area contributed by atoms with Gasteiger partial charge in [-0.3, -0.25) is 4.79 Å². The Hall–Kier alpha value is -0.870. The minimum atomic E-state index is -0.656. The molecule has 4 nitrogen and oxygen atoms in total. The maximum Gasteiger partial charge on any atom is 0.220 e. The van der Waals surface area contributed by atoms with Gasteiger partial charge in [0.25, 0.3) is 0 Å². The van der Waals surface area contributed by atoms with Gasteiger partial charge >= 0.3 is 0 Å². The molecule has 0 aromatic carbocycles. The fraction of sp³-hybridized carbons (Fsp3) is 0.949. The third-order valence-corrected chi connectivity index (χ3v) is 14.0. The molecular formula is C59H117NO3. The first kappa shape index (κ1) is 62.1. The lowest BCUT2D eigenvalue weighted by Crippen LogP contribution is -2.45. The molecule has 0 saturated carbocycles. The number of allylic oxidation sites excluding steroid dienone is 2. The Balaban J connectivity index is 3.37. The van der Waals surface area contributed by atoms with Crippen molar-refractivity contribution in [1.82, 2.24) is 5.32 Å². The average Bonchev–Trinajstić information content (AvgIpc) is 3.29. The van der Waals surface area contributed by atoms with Gasteiger partial charge in [0.2, 0.25) is 5.91 Å². The van der Waals surface area contributed by atoms with Crippen LogP contribution in [0, 0.1) is 0 Å². The van der Waals surface area contributed by atoms with Crippen molar-refractivity contribution in [2.24, 2.45) is 0 Å². The quantitative estimate of drug-likeness (QED) is 0.0421. The molecule has 0 aliphatic rings. The molecule has 2 atom stereocenters. The van der Waals surface area contributed by atoms with Crippen molar-refractivity contribution in [3.05, 3.63) is 12.2 Å². The molecule has 0 spiro atoms. The summed E-state index contributed by atoms with van der Waals surface area (Å²) in [6.45, 7) is 4.40. The molecule has 2 unspecified atom stereocenters. The molecule has 0 radical (unpaired) electrons. The van der Waals surface area contributed by atoms with Crippen LogP contribution in [-0.4, -0.2) is 34.9 Å². The topological polar surface area (TPSA) is 69.6 Å². The lowest BCUT2D eigenvalue weighted by atomic mass is 10.0. The van der Waals surface area contributed by atoms with E-state index < -0.39 is 12.1 Å². The van der Waals surface area contributed by atoms with Gasteiger partial charge < -0.3 is 15.5 Å². The molecule has 4 heteroatoms. The zero-order valence-corrected chi connectivity index (χ0v) is 43.4. The zero-order chi connectivity index (χ0) is 45.6. The summed E-state index contributed by atoms with van der Waals surface area (Å²) in [6, 6.07) is -0.532. The van der Waals surface area contributed by atoms with Crippen LogP contribution < -0.4 is 5.32 Å². The van der Waals surface area contributed by atoms with Gasteiger partial charge in [-0.1, -0.05) is 309 Å². The second-order valence-electron chi connectivity index (χ2n) is 20.4. The van der Waals surface area contributed by atoms with Gasteiger partial charge in [-0.2, -0.15) is 0 Å². The van der Waals surface area contributed by atoms with Crippen LogP contribution in [0.5, 0.6) is 0 Å². The summed E-state index contributed by atoms with van der Waals surface area (Å²) < 4.78 is 0. The number of aliphatic hydroxyl groups is 2. The molecule has 0 rings (SSSR count). The highest BCUT2D eigenvalue weighted by molar-refractivity contribution is 5.76. The third-order valence-electron chi connectivity index (χ3n) is 14.0. The van der Waals surface area contributed by atoms with E-state index in [1.165, 1.54) is 289 Å². The lowest BCUT2D eigenvalue weighted by Gasteiger charge is -2.22.